The number of ketones is 1. The van der Waals surface area contributed by atoms with Crippen LogP contribution in [0.1, 0.15) is 17.5 Å². The molecule has 1 N–H and O–H groups in total. The van der Waals surface area contributed by atoms with Crippen molar-refractivity contribution >= 4 is 11.5 Å². The van der Waals surface area contributed by atoms with Gasteiger partial charge in [0, 0.05) is 11.8 Å². The van der Waals surface area contributed by atoms with E-state index in [4.69, 9.17) is 5.21 Å². The molecule has 2 aromatic rings. The summed E-state index contributed by atoms with van der Waals surface area (Å²) in [6.45, 7) is 0. The van der Waals surface area contributed by atoms with Gasteiger partial charge in [-0.25, -0.2) is 0 Å². The van der Waals surface area contributed by atoms with E-state index < -0.39 is 5.41 Å². The summed E-state index contributed by atoms with van der Waals surface area (Å²) in [5, 5.41) is 12.3. The molecule has 0 atom stereocenters. The Labute approximate surface area is 123 Å². The normalized spacial score (nSPS) is 18.9. The molecule has 0 saturated carbocycles. The van der Waals surface area contributed by atoms with Crippen LogP contribution in [0.25, 0.3) is 0 Å². The third kappa shape index (κ3) is 2.27. The van der Waals surface area contributed by atoms with E-state index in [0.717, 1.165) is 11.1 Å². The molecular formula is C18H15NO2. The topological polar surface area (TPSA) is 49.7 Å². The van der Waals surface area contributed by atoms with Crippen molar-refractivity contribution in [2.45, 2.75) is 11.8 Å². The minimum Gasteiger partial charge on any atom is -0.411 e. The minimum atomic E-state index is -0.474. The highest BCUT2D eigenvalue weighted by Crippen LogP contribution is 2.39. The molecular weight excluding hydrogens is 262 g/mol. The lowest BCUT2D eigenvalue weighted by Gasteiger charge is -2.34. The number of nitrogens with zero attached hydrogens (tertiary/aromatic N) is 1. The number of hydrogen-bond acceptors (Lipinski definition) is 3. The molecule has 1 aliphatic carbocycles. The summed E-state index contributed by atoms with van der Waals surface area (Å²) in [6, 6.07) is 19.9. The maximum atomic E-state index is 11.8. The minimum absolute atomic E-state index is 0.185. The Kier molecular flexibility index (Phi) is 3.40. The zero-order valence-corrected chi connectivity index (χ0v) is 11.4. The van der Waals surface area contributed by atoms with Crippen molar-refractivity contribution in [2.75, 3.05) is 0 Å². The van der Waals surface area contributed by atoms with Crippen LogP contribution >= 0.6 is 0 Å². The summed E-state index contributed by atoms with van der Waals surface area (Å²) in [4.78, 5) is 11.8. The maximum Gasteiger partial charge on any atom is 0.203 e. The lowest BCUT2D eigenvalue weighted by atomic mass is 9.68. The number of oxime groups is 1. The number of allylic oxidation sites excluding steroid dienone is 2. The SMILES string of the molecule is O=C1C=CC(c2ccccc2)(c2ccccc2)C/C1=N/O. The van der Waals surface area contributed by atoms with Crippen LogP contribution in [0.15, 0.2) is 78.0 Å². The number of carbonyl (C=O) groups excluding carboxylic acids is 1. The molecule has 3 heteroatoms. The number of hydrogen-bond donors (Lipinski definition) is 1. The number of carbonyl (C=O) groups is 1. The highest BCUT2D eigenvalue weighted by Gasteiger charge is 2.37. The fourth-order valence-corrected chi connectivity index (χ4v) is 2.84. The van der Waals surface area contributed by atoms with Crippen molar-refractivity contribution in [2.24, 2.45) is 5.16 Å². The van der Waals surface area contributed by atoms with Crippen LogP contribution < -0.4 is 0 Å². The van der Waals surface area contributed by atoms with Gasteiger partial charge in [0.2, 0.25) is 5.78 Å². The summed E-state index contributed by atoms with van der Waals surface area (Å²) >= 11 is 0. The smallest absolute Gasteiger partial charge is 0.203 e. The van der Waals surface area contributed by atoms with Crippen LogP contribution in [0, 0.1) is 0 Å². The van der Waals surface area contributed by atoms with Gasteiger partial charge in [-0.05, 0) is 17.2 Å². The van der Waals surface area contributed by atoms with Crippen molar-refractivity contribution in [3.8, 4) is 0 Å². The molecule has 0 unspecified atom stereocenters. The predicted molar refractivity (Wildman–Crippen MR) is 81.6 cm³/mol. The lowest BCUT2D eigenvalue weighted by molar-refractivity contribution is -0.109. The van der Waals surface area contributed by atoms with E-state index in [1.54, 1.807) is 0 Å². The molecule has 0 aliphatic heterocycles. The molecule has 104 valence electrons. The van der Waals surface area contributed by atoms with Crippen molar-refractivity contribution in [1.29, 1.82) is 0 Å². The van der Waals surface area contributed by atoms with E-state index in [-0.39, 0.29) is 11.5 Å². The Morgan fingerprint density at radius 2 is 1.43 bits per heavy atom. The number of rotatable bonds is 2. The molecule has 0 saturated heterocycles. The van der Waals surface area contributed by atoms with Crippen LogP contribution in [0.2, 0.25) is 0 Å². The Morgan fingerprint density at radius 3 is 1.90 bits per heavy atom. The van der Waals surface area contributed by atoms with Crippen LogP contribution in [-0.4, -0.2) is 16.7 Å². The molecule has 1 aliphatic rings. The van der Waals surface area contributed by atoms with Crippen LogP contribution in [0.5, 0.6) is 0 Å². The van der Waals surface area contributed by atoms with Crippen molar-refractivity contribution in [3.05, 3.63) is 83.9 Å². The molecule has 3 rings (SSSR count). The summed E-state index contributed by atoms with van der Waals surface area (Å²) in [5.41, 5.74) is 1.85. The Morgan fingerprint density at radius 1 is 0.905 bits per heavy atom. The average Bonchev–Trinajstić information content (AvgIpc) is 2.57. The van der Waals surface area contributed by atoms with E-state index in [0.29, 0.717) is 6.42 Å². The zero-order valence-electron chi connectivity index (χ0n) is 11.4. The van der Waals surface area contributed by atoms with Gasteiger partial charge in [-0.15, -0.1) is 0 Å². The van der Waals surface area contributed by atoms with E-state index >= 15 is 0 Å². The van der Waals surface area contributed by atoms with Crippen LogP contribution in [0.4, 0.5) is 0 Å². The van der Waals surface area contributed by atoms with Crippen molar-refractivity contribution < 1.29 is 10.0 Å². The van der Waals surface area contributed by atoms with Gasteiger partial charge in [-0.1, -0.05) is 71.9 Å². The molecule has 0 spiro atoms. The van der Waals surface area contributed by atoms with Gasteiger partial charge >= 0.3 is 0 Å². The van der Waals surface area contributed by atoms with Gasteiger partial charge in [0.05, 0.1) is 0 Å². The van der Waals surface area contributed by atoms with Gasteiger partial charge in [-0.3, -0.25) is 4.79 Å². The second-order valence-corrected chi connectivity index (χ2v) is 5.12. The predicted octanol–water partition coefficient (Wildman–Crippen LogP) is 3.33. The first-order chi connectivity index (χ1) is 10.3. The Balaban J connectivity index is 2.22. The monoisotopic (exact) mass is 277 g/mol. The first-order valence-electron chi connectivity index (χ1n) is 6.82. The second-order valence-electron chi connectivity index (χ2n) is 5.12. The summed E-state index contributed by atoms with van der Waals surface area (Å²) < 4.78 is 0. The van der Waals surface area contributed by atoms with Crippen molar-refractivity contribution in [1.82, 2.24) is 0 Å². The first kappa shape index (κ1) is 13.3. The van der Waals surface area contributed by atoms with Gasteiger partial charge in [0.15, 0.2) is 0 Å². The highest BCUT2D eigenvalue weighted by molar-refractivity contribution is 6.45. The van der Waals surface area contributed by atoms with E-state index in [9.17, 15) is 4.79 Å². The highest BCUT2D eigenvalue weighted by atomic mass is 16.4. The zero-order chi connectivity index (χ0) is 14.7. The largest absolute Gasteiger partial charge is 0.411 e. The van der Waals surface area contributed by atoms with Gasteiger partial charge < -0.3 is 5.21 Å². The standard InChI is InChI=1S/C18H15NO2/c20-17-11-12-18(13-16(17)19-21,14-7-3-1-4-8-14)15-9-5-2-6-10-15/h1-12,21H,13H2/b19-16-. The fraction of sp³-hybridized carbons (Fsp3) is 0.111. The quantitative estimate of drug-likeness (QED) is 0.676. The van der Waals surface area contributed by atoms with E-state index in [1.165, 1.54) is 6.08 Å². The summed E-state index contributed by atoms with van der Waals surface area (Å²) in [5.74, 6) is -0.236. The number of benzene rings is 2. The Hall–Kier alpha value is -2.68. The summed E-state index contributed by atoms with van der Waals surface area (Å²) in [7, 11) is 0. The molecule has 0 heterocycles. The van der Waals surface area contributed by atoms with Gasteiger partial charge in [0.25, 0.3) is 0 Å². The van der Waals surface area contributed by atoms with E-state index in [1.807, 2.05) is 66.7 Å². The van der Waals surface area contributed by atoms with Crippen LogP contribution in [0.3, 0.4) is 0 Å². The molecule has 2 aromatic carbocycles. The Bertz CT molecular complexity index is 663. The molecule has 0 fully saturated rings. The molecule has 21 heavy (non-hydrogen) atoms. The second kappa shape index (κ2) is 5.37. The third-order valence-corrected chi connectivity index (χ3v) is 3.95. The van der Waals surface area contributed by atoms with Gasteiger partial charge in [0.1, 0.15) is 5.71 Å². The molecule has 0 aromatic heterocycles. The summed E-state index contributed by atoms with van der Waals surface area (Å²) in [6.07, 6.45) is 3.76. The molecule has 0 bridgehead atoms. The third-order valence-electron chi connectivity index (χ3n) is 3.95. The molecule has 3 nitrogen and oxygen atoms in total. The van der Waals surface area contributed by atoms with Crippen molar-refractivity contribution in [3.63, 3.8) is 0 Å². The van der Waals surface area contributed by atoms with E-state index in [2.05, 4.69) is 5.16 Å². The van der Waals surface area contributed by atoms with Gasteiger partial charge in [-0.2, -0.15) is 0 Å². The fourth-order valence-electron chi connectivity index (χ4n) is 2.84. The van der Waals surface area contributed by atoms with Crippen LogP contribution in [-0.2, 0) is 10.2 Å². The molecule has 0 amide bonds. The maximum absolute atomic E-state index is 11.8. The molecule has 0 radical (unpaired) electrons. The lowest BCUT2D eigenvalue weighted by Crippen LogP contribution is -2.35. The average molecular weight is 277 g/mol. The first-order valence-corrected chi connectivity index (χ1v) is 6.82.